The van der Waals surface area contributed by atoms with Crippen LogP contribution in [0.3, 0.4) is 0 Å². The van der Waals surface area contributed by atoms with Crippen LogP contribution in [0, 0.1) is 0 Å². The summed E-state index contributed by atoms with van der Waals surface area (Å²) in [6, 6.07) is 0.443. The molecule has 0 aromatic rings. The lowest BCUT2D eigenvalue weighted by atomic mass is 9.96. The van der Waals surface area contributed by atoms with Crippen molar-refractivity contribution in [3.63, 3.8) is 0 Å². The van der Waals surface area contributed by atoms with Gasteiger partial charge < -0.3 is 10.4 Å². The average Bonchev–Trinajstić information content (AvgIpc) is 1.87. The highest BCUT2D eigenvalue weighted by Gasteiger charge is 2.21. The SMILES string of the molecule is CCCC(C)(CO)NC(C)C. The van der Waals surface area contributed by atoms with Gasteiger partial charge >= 0.3 is 0 Å². The van der Waals surface area contributed by atoms with Gasteiger partial charge in [0.05, 0.1) is 6.61 Å². The van der Waals surface area contributed by atoms with E-state index in [0.29, 0.717) is 6.04 Å². The summed E-state index contributed by atoms with van der Waals surface area (Å²) in [4.78, 5) is 0. The standard InChI is InChI=1S/C9H21NO/c1-5-6-9(4,7-11)10-8(2)3/h8,10-11H,5-7H2,1-4H3. The van der Waals surface area contributed by atoms with Gasteiger partial charge in [-0.2, -0.15) is 0 Å². The molecule has 0 spiro atoms. The molecule has 0 saturated carbocycles. The molecule has 0 aliphatic carbocycles. The van der Waals surface area contributed by atoms with E-state index in [-0.39, 0.29) is 12.1 Å². The number of aliphatic hydroxyl groups excluding tert-OH is 1. The monoisotopic (exact) mass is 159 g/mol. The topological polar surface area (TPSA) is 32.3 Å². The van der Waals surface area contributed by atoms with Crippen molar-refractivity contribution < 1.29 is 5.11 Å². The molecule has 2 heteroatoms. The van der Waals surface area contributed by atoms with E-state index in [4.69, 9.17) is 5.11 Å². The Morgan fingerprint density at radius 3 is 2.27 bits per heavy atom. The van der Waals surface area contributed by atoms with Crippen LogP contribution in [0.1, 0.15) is 40.5 Å². The van der Waals surface area contributed by atoms with Gasteiger partial charge in [-0.25, -0.2) is 0 Å². The van der Waals surface area contributed by atoms with Crippen molar-refractivity contribution in [3.05, 3.63) is 0 Å². The van der Waals surface area contributed by atoms with Gasteiger partial charge in [-0.1, -0.05) is 27.2 Å². The van der Waals surface area contributed by atoms with Crippen LogP contribution in [0.4, 0.5) is 0 Å². The third-order valence-electron chi connectivity index (χ3n) is 1.79. The summed E-state index contributed by atoms with van der Waals surface area (Å²) in [5.74, 6) is 0. The van der Waals surface area contributed by atoms with Gasteiger partial charge in [0.15, 0.2) is 0 Å². The fourth-order valence-corrected chi connectivity index (χ4v) is 1.45. The third-order valence-corrected chi connectivity index (χ3v) is 1.79. The van der Waals surface area contributed by atoms with Crippen molar-refractivity contribution in [2.24, 2.45) is 0 Å². The fourth-order valence-electron chi connectivity index (χ4n) is 1.45. The lowest BCUT2D eigenvalue weighted by Crippen LogP contribution is -2.48. The molecular weight excluding hydrogens is 138 g/mol. The first-order valence-electron chi connectivity index (χ1n) is 4.42. The molecule has 0 aromatic heterocycles. The maximum absolute atomic E-state index is 9.10. The Hall–Kier alpha value is -0.0800. The molecule has 0 aromatic carbocycles. The summed E-state index contributed by atoms with van der Waals surface area (Å²) in [5.41, 5.74) is -0.0804. The van der Waals surface area contributed by atoms with E-state index in [1.807, 2.05) is 0 Å². The van der Waals surface area contributed by atoms with Crippen LogP contribution in [0.2, 0.25) is 0 Å². The minimum atomic E-state index is -0.0804. The highest BCUT2D eigenvalue weighted by Crippen LogP contribution is 2.11. The van der Waals surface area contributed by atoms with Crippen molar-refractivity contribution in [2.75, 3.05) is 6.61 Å². The second-order valence-electron chi connectivity index (χ2n) is 3.77. The Morgan fingerprint density at radius 1 is 1.45 bits per heavy atom. The molecule has 2 nitrogen and oxygen atoms in total. The zero-order valence-electron chi connectivity index (χ0n) is 8.15. The predicted octanol–water partition coefficient (Wildman–Crippen LogP) is 1.54. The van der Waals surface area contributed by atoms with Crippen LogP contribution in [0.5, 0.6) is 0 Å². The van der Waals surface area contributed by atoms with Crippen molar-refractivity contribution in [1.82, 2.24) is 5.32 Å². The van der Waals surface area contributed by atoms with Crippen LogP contribution < -0.4 is 5.32 Å². The van der Waals surface area contributed by atoms with E-state index in [0.717, 1.165) is 12.8 Å². The number of hydrogen-bond acceptors (Lipinski definition) is 2. The van der Waals surface area contributed by atoms with E-state index < -0.39 is 0 Å². The molecule has 0 bridgehead atoms. The van der Waals surface area contributed by atoms with E-state index >= 15 is 0 Å². The largest absolute Gasteiger partial charge is 0.394 e. The molecule has 0 saturated heterocycles. The van der Waals surface area contributed by atoms with Gasteiger partial charge in [0.1, 0.15) is 0 Å². The third kappa shape index (κ3) is 4.38. The number of aliphatic hydroxyl groups is 1. The first kappa shape index (κ1) is 10.9. The summed E-state index contributed by atoms with van der Waals surface area (Å²) in [5, 5.41) is 12.5. The molecule has 68 valence electrons. The molecule has 1 unspecified atom stereocenters. The van der Waals surface area contributed by atoms with Crippen molar-refractivity contribution >= 4 is 0 Å². The minimum Gasteiger partial charge on any atom is -0.394 e. The van der Waals surface area contributed by atoms with Gasteiger partial charge in [0, 0.05) is 11.6 Å². The molecule has 0 aliphatic heterocycles. The van der Waals surface area contributed by atoms with Crippen LogP contribution >= 0.6 is 0 Å². The highest BCUT2D eigenvalue weighted by molar-refractivity contribution is 4.82. The summed E-state index contributed by atoms with van der Waals surface area (Å²) in [6.45, 7) is 8.62. The lowest BCUT2D eigenvalue weighted by molar-refractivity contribution is 0.156. The summed E-state index contributed by atoms with van der Waals surface area (Å²) >= 11 is 0. The molecule has 1 atom stereocenters. The maximum atomic E-state index is 9.10. The molecular formula is C9H21NO. The van der Waals surface area contributed by atoms with E-state index in [1.54, 1.807) is 0 Å². The Balaban J connectivity index is 3.87. The Labute approximate surface area is 70.0 Å². The normalized spacial score (nSPS) is 16.9. The van der Waals surface area contributed by atoms with Crippen molar-refractivity contribution in [2.45, 2.75) is 52.1 Å². The lowest BCUT2D eigenvalue weighted by Gasteiger charge is -2.30. The molecule has 0 amide bonds. The highest BCUT2D eigenvalue weighted by atomic mass is 16.3. The summed E-state index contributed by atoms with van der Waals surface area (Å²) in [7, 11) is 0. The Morgan fingerprint density at radius 2 is 2.00 bits per heavy atom. The van der Waals surface area contributed by atoms with Gasteiger partial charge in [-0.05, 0) is 13.3 Å². The van der Waals surface area contributed by atoms with Gasteiger partial charge in [0.25, 0.3) is 0 Å². The average molecular weight is 159 g/mol. The van der Waals surface area contributed by atoms with Crippen LogP contribution in [-0.4, -0.2) is 23.3 Å². The molecule has 0 aliphatic rings. The Bertz CT molecular complexity index is 104. The van der Waals surface area contributed by atoms with Crippen LogP contribution in [0.15, 0.2) is 0 Å². The molecule has 0 heterocycles. The smallest absolute Gasteiger partial charge is 0.0610 e. The van der Waals surface area contributed by atoms with E-state index in [2.05, 4.69) is 33.0 Å². The molecule has 2 N–H and O–H groups in total. The first-order chi connectivity index (χ1) is 5.04. The second-order valence-corrected chi connectivity index (χ2v) is 3.77. The molecule has 0 fully saturated rings. The van der Waals surface area contributed by atoms with Gasteiger partial charge in [-0.3, -0.25) is 0 Å². The Kier molecular flexibility index (Phi) is 4.69. The van der Waals surface area contributed by atoms with Gasteiger partial charge in [0.2, 0.25) is 0 Å². The predicted molar refractivity (Wildman–Crippen MR) is 48.7 cm³/mol. The van der Waals surface area contributed by atoms with Gasteiger partial charge in [-0.15, -0.1) is 0 Å². The zero-order valence-corrected chi connectivity index (χ0v) is 8.15. The zero-order chi connectivity index (χ0) is 8.91. The van der Waals surface area contributed by atoms with E-state index in [9.17, 15) is 0 Å². The minimum absolute atomic E-state index is 0.0804. The molecule has 11 heavy (non-hydrogen) atoms. The number of hydrogen-bond donors (Lipinski definition) is 2. The number of rotatable bonds is 5. The van der Waals surface area contributed by atoms with Crippen molar-refractivity contribution in [3.8, 4) is 0 Å². The van der Waals surface area contributed by atoms with Crippen molar-refractivity contribution in [1.29, 1.82) is 0 Å². The fraction of sp³-hybridized carbons (Fsp3) is 1.00. The second kappa shape index (κ2) is 4.73. The first-order valence-corrected chi connectivity index (χ1v) is 4.42. The van der Waals surface area contributed by atoms with Crippen LogP contribution in [-0.2, 0) is 0 Å². The summed E-state index contributed by atoms with van der Waals surface area (Å²) in [6.07, 6.45) is 2.14. The quantitative estimate of drug-likeness (QED) is 0.637. The maximum Gasteiger partial charge on any atom is 0.0610 e. The van der Waals surface area contributed by atoms with E-state index in [1.165, 1.54) is 0 Å². The van der Waals surface area contributed by atoms with Crippen LogP contribution in [0.25, 0.3) is 0 Å². The molecule has 0 rings (SSSR count). The summed E-state index contributed by atoms with van der Waals surface area (Å²) < 4.78 is 0. The molecule has 0 radical (unpaired) electrons. The number of nitrogens with one attached hydrogen (secondary N) is 1.